The number of likely N-dealkylation sites (tertiary alicyclic amines) is 1. The third-order valence-electron chi connectivity index (χ3n) is 5.36. The van der Waals surface area contributed by atoms with Gasteiger partial charge in [0.25, 0.3) is 0 Å². The highest BCUT2D eigenvalue weighted by Crippen LogP contribution is 2.44. The molecule has 5 rings (SSSR count). The molecule has 3 aromatic heterocycles. The fraction of sp³-hybridized carbons (Fsp3) is 0.556. The van der Waals surface area contributed by atoms with Gasteiger partial charge in [0.2, 0.25) is 10.8 Å². The molecule has 5 heterocycles. The van der Waals surface area contributed by atoms with Gasteiger partial charge in [-0.2, -0.15) is 4.52 Å². The molecule has 1 N–H and O–H groups in total. The van der Waals surface area contributed by atoms with Gasteiger partial charge in [0.1, 0.15) is 0 Å². The van der Waals surface area contributed by atoms with Gasteiger partial charge in [0.15, 0.2) is 11.6 Å². The van der Waals surface area contributed by atoms with Gasteiger partial charge in [-0.15, -0.1) is 16.4 Å². The lowest BCUT2D eigenvalue weighted by atomic mass is 10.0. The highest BCUT2D eigenvalue weighted by atomic mass is 32.1. The molecule has 2 saturated heterocycles. The Bertz CT molecular complexity index is 920. The first-order chi connectivity index (χ1) is 13.2. The number of hydrogen-bond donors (Lipinski definition) is 1. The molecule has 0 aliphatic carbocycles. The predicted octanol–water partition coefficient (Wildman–Crippen LogP) is 3.05. The summed E-state index contributed by atoms with van der Waals surface area (Å²) in [5.74, 6) is 0.556. The first-order valence-electron chi connectivity index (χ1n) is 9.32. The Hall–Kier alpha value is -1.52. The van der Waals surface area contributed by atoms with E-state index in [2.05, 4.69) is 32.5 Å². The molecule has 1 unspecified atom stereocenters. The summed E-state index contributed by atoms with van der Waals surface area (Å²) in [5.41, 5.74) is 0. The van der Waals surface area contributed by atoms with Crippen molar-refractivity contribution in [2.24, 2.45) is 0 Å². The SMILES string of the molecule is CCc1nc2sc(C(c3cccs3)N3CCC4(CC3)OCCO4)c(O)n2n1. The average molecular weight is 407 g/mol. The summed E-state index contributed by atoms with van der Waals surface area (Å²) >= 11 is 3.24. The number of thiophene rings is 1. The largest absolute Gasteiger partial charge is 0.492 e. The van der Waals surface area contributed by atoms with E-state index < -0.39 is 5.79 Å². The number of thiazole rings is 1. The zero-order valence-electron chi connectivity index (χ0n) is 15.1. The standard InChI is InChI=1S/C18H22N4O3S2/c1-2-13-19-17-22(20-13)16(23)15(27-17)14(12-4-3-11-26-12)21-7-5-18(6-8-21)24-9-10-25-18/h3-4,11,14,23H,2,5-10H2,1H3. The minimum atomic E-state index is -0.403. The van der Waals surface area contributed by atoms with E-state index in [1.54, 1.807) is 15.9 Å². The third kappa shape index (κ3) is 2.98. The lowest BCUT2D eigenvalue weighted by Crippen LogP contribution is -2.46. The lowest BCUT2D eigenvalue weighted by Gasteiger charge is -2.40. The summed E-state index contributed by atoms with van der Waals surface area (Å²) in [7, 11) is 0. The summed E-state index contributed by atoms with van der Waals surface area (Å²) in [6.45, 7) is 5.10. The Labute approximate surface area is 165 Å². The Morgan fingerprint density at radius 2 is 2.07 bits per heavy atom. The van der Waals surface area contributed by atoms with E-state index in [9.17, 15) is 5.11 Å². The number of hydrogen-bond acceptors (Lipinski definition) is 8. The number of aromatic nitrogens is 3. The number of rotatable bonds is 4. The number of fused-ring (bicyclic) bond motifs is 1. The molecule has 0 amide bonds. The van der Waals surface area contributed by atoms with Crippen LogP contribution >= 0.6 is 22.7 Å². The van der Waals surface area contributed by atoms with Crippen LogP contribution in [0.5, 0.6) is 5.88 Å². The Balaban J connectivity index is 1.49. The van der Waals surface area contributed by atoms with Gasteiger partial charge in [0, 0.05) is 37.2 Å². The summed E-state index contributed by atoms with van der Waals surface area (Å²) in [6, 6.07) is 4.20. The van der Waals surface area contributed by atoms with Crippen LogP contribution in [-0.2, 0) is 15.9 Å². The zero-order chi connectivity index (χ0) is 18.4. The third-order valence-corrected chi connectivity index (χ3v) is 7.36. The number of piperidine rings is 1. The van der Waals surface area contributed by atoms with Crippen LogP contribution in [0, 0.1) is 0 Å². The first kappa shape index (κ1) is 17.6. The molecule has 2 aliphatic heterocycles. The van der Waals surface area contributed by atoms with E-state index in [0.717, 1.165) is 48.0 Å². The van der Waals surface area contributed by atoms with Gasteiger partial charge < -0.3 is 14.6 Å². The minimum Gasteiger partial charge on any atom is -0.492 e. The van der Waals surface area contributed by atoms with Gasteiger partial charge in [-0.25, -0.2) is 4.98 Å². The van der Waals surface area contributed by atoms with Crippen molar-refractivity contribution >= 4 is 27.6 Å². The molecule has 144 valence electrons. The van der Waals surface area contributed by atoms with Crippen LogP contribution < -0.4 is 0 Å². The van der Waals surface area contributed by atoms with Crippen molar-refractivity contribution in [1.29, 1.82) is 0 Å². The average Bonchev–Trinajstić information content (AvgIpc) is 3.46. The van der Waals surface area contributed by atoms with Crippen LogP contribution in [-0.4, -0.2) is 56.7 Å². The molecule has 27 heavy (non-hydrogen) atoms. The maximum Gasteiger partial charge on any atom is 0.230 e. The number of ether oxygens (including phenoxy) is 2. The maximum atomic E-state index is 10.9. The van der Waals surface area contributed by atoms with Crippen LogP contribution in [0.25, 0.3) is 4.96 Å². The molecule has 2 aliphatic rings. The monoisotopic (exact) mass is 406 g/mol. The summed E-state index contributed by atoms with van der Waals surface area (Å²) in [5, 5.41) is 17.4. The zero-order valence-corrected chi connectivity index (χ0v) is 16.8. The smallest absolute Gasteiger partial charge is 0.230 e. The van der Waals surface area contributed by atoms with E-state index in [1.165, 1.54) is 16.2 Å². The molecule has 0 bridgehead atoms. The van der Waals surface area contributed by atoms with Crippen LogP contribution in [0.3, 0.4) is 0 Å². The van der Waals surface area contributed by atoms with Gasteiger partial charge in [-0.1, -0.05) is 24.3 Å². The molecular formula is C18H22N4O3S2. The van der Waals surface area contributed by atoms with Gasteiger partial charge >= 0.3 is 0 Å². The van der Waals surface area contributed by atoms with Crippen molar-refractivity contribution in [3.05, 3.63) is 33.1 Å². The summed E-state index contributed by atoms with van der Waals surface area (Å²) < 4.78 is 13.3. The van der Waals surface area contributed by atoms with E-state index in [0.29, 0.717) is 13.2 Å². The Kier molecular flexibility index (Phi) is 4.44. The van der Waals surface area contributed by atoms with Crippen molar-refractivity contribution in [2.75, 3.05) is 26.3 Å². The second-order valence-electron chi connectivity index (χ2n) is 6.93. The Morgan fingerprint density at radius 1 is 1.30 bits per heavy atom. The highest BCUT2D eigenvalue weighted by molar-refractivity contribution is 7.17. The normalized spacial score (nSPS) is 21.4. The van der Waals surface area contributed by atoms with Crippen molar-refractivity contribution < 1.29 is 14.6 Å². The van der Waals surface area contributed by atoms with Crippen molar-refractivity contribution in [3.63, 3.8) is 0 Å². The van der Waals surface area contributed by atoms with Crippen LogP contribution in [0.1, 0.15) is 41.4 Å². The molecule has 9 heteroatoms. The van der Waals surface area contributed by atoms with Crippen molar-refractivity contribution in [1.82, 2.24) is 19.5 Å². The molecular weight excluding hydrogens is 384 g/mol. The number of aryl methyl sites for hydroxylation is 1. The highest BCUT2D eigenvalue weighted by Gasteiger charge is 2.42. The van der Waals surface area contributed by atoms with Crippen molar-refractivity contribution in [2.45, 2.75) is 38.0 Å². The second-order valence-corrected chi connectivity index (χ2v) is 8.92. The molecule has 0 radical (unpaired) electrons. The summed E-state index contributed by atoms with van der Waals surface area (Å²) in [6.07, 6.45) is 2.44. The topological polar surface area (TPSA) is 72.1 Å². The van der Waals surface area contributed by atoms with Crippen molar-refractivity contribution in [3.8, 4) is 5.88 Å². The first-order valence-corrected chi connectivity index (χ1v) is 11.0. The van der Waals surface area contributed by atoms with Crippen LogP contribution in [0.15, 0.2) is 17.5 Å². The molecule has 0 aromatic carbocycles. The maximum absolute atomic E-state index is 10.9. The quantitative estimate of drug-likeness (QED) is 0.718. The molecule has 1 spiro atoms. The van der Waals surface area contributed by atoms with E-state index in [-0.39, 0.29) is 11.9 Å². The van der Waals surface area contributed by atoms with E-state index >= 15 is 0 Å². The fourth-order valence-corrected chi connectivity index (χ4v) is 6.02. The van der Waals surface area contributed by atoms with Gasteiger partial charge in [-0.05, 0) is 11.4 Å². The summed E-state index contributed by atoms with van der Waals surface area (Å²) in [4.78, 5) is 9.81. The molecule has 1 atom stereocenters. The van der Waals surface area contributed by atoms with E-state index in [4.69, 9.17) is 9.47 Å². The number of nitrogens with zero attached hydrogens (tertiary/aromatic N) is 4. The Morgan fingerprint density at radius 3 is 2.70 bits per heavy atom. The van der Waals surface area contributed by atoms with E-state index in [1.807, 2.05) is 6.92 Å². The predicted molar refractivity (Wildman–Crippen MR) is 104 cm³/mol. The number of aromatic hydroxyl groups is 1. The van der Waals surface area contributed by atoms with Crippen LogP contribution in [0.4, 0.5) is 0 Å². The van der Waals surface area contributed by atoms with Gasteiger partial charge in [-0.3, -0.25) is 4.90 Å². The minimum absolute atomic E-state index is 0.00216. The molecule has 3 aromatic rings. The molecule has 2 fully saturated rings. The fourth-order valence-electron chi connectivity index (χ4n) is 3.95. The molecule has 0 saturated carbocycles. The molecule has 7 nitrogen and oxygen atoms in total. The lowest BCUT2D eigenvalue weighted by molar-refractivity contribution is -0.187. The van der Waals surface area contributed by atoms with Gasteiger partial charge in [0.05, 0.1) is 24.1 Å². The van der Waals surface area contributed by atoms with Crippen LogP contribution in [0.2, 0.25) is 0 Å². The second kappa shape index (κ2) is 6.82.